The van der Waals surface area contributed by atoms with Gasteiger partial charge in [0, 0.05) is 12.7 Å². The van der Waals surface area contributed by atoms with E-state index >= 15 is 0 Å². The van der Waals surface area contributed by atoms with Crippen LogP contribution in [0.1, 0.15) is 5.56 Å². The molecule has 0 unspecified atom stereocenters. The van der Waals surface area contributed by atoms with Crippen LogP contribution >= 0.6 is 23.2 Å². The highest BCUT2D eigenvalue weighted by molar-refractivity contribution is 6.42. The summed E-state index contributed by atoms with van der Waals surface area (Å²) in [7, 11) is 0. The fourth-order valence-electron chi connectivity index (χ4n) is 2.11. The van der Waals surface area contributed by atoms with E-state index in [-0.39, 0.29) is 24.7 Å². The summed E-state index contributed by atoms with van der Waals surface area (Å²) in [6.07, 6.45) is 1.61. The Hall–Kier alpha value is -2.31. The van der Waals surface area contributed by atoms with E-state index in [1.54, 1.807) is 42.6 Å². The molecule has 3 rings (SSSR count). The molecule has 1 aromatic carbocycles. The fourth-order valence-corrected chi connectivity index (χ4v) is 2.43. The van der Waals surface area contributed by atoms with E-state index in [2.05, 4.69) is 10.4 Å². The second-order valence-electron chi connectivity index (χ2n) is 4.89. The molecule has 3 aromatic rings. The van der Waals surface area contributed by atoms with Gasteiger partial charge >= 0.3 is 5.69 Å². The van der Waals surface area contributed by atoms with Gasteiger partial charge in [-0.25, -0.2) is 9.48 Å². The average Bonchev–Trinajstić information content (AvgIpc) is 2.85. The van der Waals surface area contributed by atoms with Crippen LogP contribution in [0.4, 0.5) is 0 Å². The van der Waals surface area contributed by atoms with Gasteiger partial charge in [0.1, 0.15) is 6.54 Å². The van der Waals surface area contributed by atoms with Crippen molar-refractivity contribution >= 4 is 34.8 Å². The quantitative estimate of drug-likeness (QED) is 0.783. The predicted octanol–water partition coefficient (Wildman–Crippen LogP) is 2.12. The first-order valence-electron chi connectivity index (χ1n) is 6.79. The highest BCUT2D eigenvalue weighted by Gasteiger charge is 2.10. The van der Waals surface area contributed by atoms with Crippen molar-refractivity contribution in [2.75, 3.05) is 0 Å². The van der Waals surface area contributed by atoms with Gasteiger partial charge in [0.25, 0.3) is 0 Å². The molecular formula is C15H12Cl2N4O2. The third-order valence-corrected chi connectivity index (χ3v) is 3.99. The molecule has 2 heterocycles. The zero-order valence-electron chi connectivity index (χ0n) is 11.9. The van der Waals surface area contributed by atoms with Crippen molar-refractivity contribution < 1.29 is 4.79 Å². The highest BCUT2D eigenvalue weighted by Crippen LogP contribution is 2.22. The van der Waals surface area contributed by atoms with Gasteiger partial charge in [-0.1, -0.05) is 35.3 Å². The molecule has 0 aliphatic carbocycles. The van der Waals surface area contributed by atoms with Gasteiger partial charge in [0.05, 0.1) is 10.0 Å². The molecule has 8 heteroatoms. The van der Waals surface area contributed by atoms with E-state index in [1.165, 1.54) is 4.40 Å². The summed E-state index contributed by atoms with van der Waals surface area (Å²) in [4.78, 5) is 24.1. The number of fused-ring (bicyclic) bond motifs is 1. The number of benzene rings is 1. The number of carbonyl (C=O) groups excluding carboxylic acids is 1. The number of aromatic nitrogens is 3. The molecule has 0 fully saturated rings. The van der Waals surface area contributed by atoms with Crippen molar-refractivity contribution in [1.82, 2.24) is 19.5 Å². The summed E-state index contributed by atoms with van der Waals surface area (Å²) in [6.45, 7) is 0.139. The van der Waals surface area contributed by atoms with Crippen LogP contribution in [0.3, 0.4) is 0 Å². The number of pyridine rings is 1. The maximum Gasteiger partial charge on any atom is 0.350 e. The zero-order chi connectivity index (χ0) is 16.4. The van der Waals surface area contributed by atoms with Gasteiger partial charge in [0.15, 0.2) is 5.65 Å². The number of hydrogen-bond acceptors (Lipinski definition) is 3. The van der Waals surface area contributed by atoms with Crippen molar-refractivity contribution in [2.24, 2.45) is 0 Å². The van der Waals surface area contributed by atoms with Crippen molar-refractivity contribution in [3.05, 3.63) is 68.7 Å². The summed E-state index contributed by atoms with van der Waals surface area (Å²) in [6, 6.07) is 10.3. The molecule has 0 bridgehead atoms. The summed E-state index contributed by atoms with van der Waals surface area (Å²) in [5, 5.41) is 7.70. The predicted molar refractivity (Wildman–Crippen MR) is 87.8 cm³/mol. The second kappa shape index (κ2) is 6.44. The van der Waals surface area contributed by atoms with Crippen molar-refractivity contribution in [1.29, 1.82) is 0 Å². The van der Waals surface area contributed by atoms with E-state index in [4.69, 9.17) is 23.2 Å². The lowest BCUT2D eigenvalue weighted by Gasteiger charge is -2.06. The SMILES string of the molecule is O=C(Cn1nc2ccccn2c1=O)NCc1ccc(Cl)c(Cl)c1. The molecular weight excluding hydrogens is 339 g/mol. The molecule has 6 nitrogen and oxygen atoms in total. The molecule has 118 valence electrons. The molecule has 1 N–H and O–H groups in total. The van der Waals surface area contributed by atoms with Crippen molar-refractivity contribution in [2.45, 2.75) is 13.1 Å². The van der Waals surface area contributed by atoms with Crippen molar-refractivity contribution in [3.8, 4) is 0 Å². The largest absolute Gasteiger partial charge is 0.350 e. The molecule has 0 atom stereocenters. The van der Waals surface area contributed by atoms with Crippen LogP contribution < -0.4 is 11.0 Å². The van der Waals surface area contributed by atoms with Crippen LogP contribution in [0.2, 0.25) is 10.0 Å². The van der Waals surface area contributed by atoms with Gasteiger partial charge in [-0.05, 0) is 29.8 Å². The highest BCUT2D eigenvalue weighted by atomic mass is 35.5. The van der Waals surface area contributed by atoms with Gasteiger partial charge < -0.3 is 5.32 Å². The Morgan fingerprint density at radius 2 is 2.00 bits per heavy atom. The van der Waals surface area contributed by atoms with Crippen LogP contribution in [0.25, 0.3) is 5.65 Å². The third-order valence-electron chi connectivity index (χ3n) is 3.26. The smallest absolute Gasteiger partial charge is 0.350 e. The first kappa shape index (κ1) is 15.6. The van der Waals surface area contributed by atoms with E-state index in [9.17, 15) is 9.59 Å². The Morgan fingerprint density at radius 1 is 1.17 bits per heavy atom. The van der Waals surface area contributed by atoms with Gasteiger partial charge in [-0.2, -0.15) is 0 Å². The molecule has 1 amide bonds. The molecule has 0 saturated heterocycles. The van der Waals surface area contributed by atoms with Crippen molar-refractivity contribution in [3.63, 3.8) is 0 Å². The molecule has 0 saturated carbocycles. The average molecular weight is 351 g/mol. The summed E-state index contributed by atoms with van der Waals surface area (Å²) < 4.78 is 2.51. The summed E-state index contributed by atoms with van der Waals surface area (Å²) in [5.41, 5.74) is 0.954. The number of carbonyl (C=O) groups is 1. The molecule has 23 heavy (non-hydrogen) atoms. The van der Waals surface area contributed by atoms with E-state index < -0.39 is 0 Å². The Morgan fingerprint density at radius 3 is 2.74 bits per heavy atom. The Labute approximate surface area is 141 Å². The second-order valence-corrected chi connectivity index (χ2v) is 5.71. The maximum absolute atomic E-state index is 12.1. The lowest BCUT2D eigenvalue weighted by Crippen LogP contribution is -2.32. The summed E-state index contributed by atoms with van der Waals surface area (Å²) >= 11 is 11.8. The van der Waals surface area contributed by atoms with Crippen LogP contribution in [-0.4, -0.2) is 20.1 Å². The van der Waals surface area contributed by atoms with E-state index in [1.807, 2.05) is 0 Å². The lowest BCUT2D eigenvalue weighted by atomic mass is 10.2. The lowest BCUT2D eigenvalue weighted by molar-refractivity contribution is -0.122. The van der Waals surface area contributed by atoms with Crippen LogP contribution in [-0.2, 0) is 17.9 Å². The Balaban J connectivity index is 1.67. The first-order chi connectivity index (χ1) is 11.0. The van der Waals surface area contributed by atoms with E-state index in [0.717, 1.165) is 10.2 Å². The normalized spacial score (nSPS) is 10.9. The Bertz CT molecular complexity index is 933. The minimum absolute atomic E-state index is 0.151. The van der Waals surface area contributed by atoms with Gasteiger partial charge in [-0.15, -0.1) is 5.10 Å². The van der Waals surface area contributed by atoms with Gasteiger partial charge in [0.2, 0.25) is 5.91 Å². The number of amides is 1. The zero-order valence-corrected chi connectivity index (χ0v) is 13.4. The number of nitrogens with one attached hydrogen (secondary N) is 1. The molecule has 0 aliphatic heterocycles. The number of nitrogens with zero attached hydrogens (tertiary/aromatic N) is 3. The topological polar surface area (TPSA) is 68.4 Å². The maximum atomic E-state index is 12.1. The molecule has 0 spiro atoms. The third kappa shape index (κ3) is 3.38. The Kier molecular flexibility index (Phi) is 4.36. The fraction of sp³-hybridized carbons (Fsp3) is 0.133. The van der Waals surface area contributed by atoms with Crippen LogP contribution in [0.5, 0.6) is 0 Å². The minimum Gasteiger partial charge on any atom is -0.350 e. The minimum atomic E-state index is -0.356. The number of rotatable bonds is 4. The molecule has 0 radical (unpaired) electrons. The van der Waals surface area contributed by atoms with Crippen LogP contribution in [0, 0.1) is 0 Å². The van der Waals surface area contributed by atoms with Crippen LogP contribution in [0.15, 0.2) is 47.4 Å². The monoisotopic (exact) mass is 350 g/mol. The van der Waals surface area contributed by atoms with Gasteiger partial charge in [-0.3, -0.25) is 9.20 Å². The molecule has 2 aromatic heterocycles. The number of hydrogen-bond donors (Lipinski definition) is 1. The standard InChI is InChI=1S/C15H12Cl2N4O2/c16-11-5-4-10(7-12(11)17)8-18-14(22)9-21-15(23)20-6-2-1-3-13(20)19-21/h1-7H,8-9H2,(H,18,22). The summed E-state index contributed by atoms with van der Waals surface area (Å²) in [5.74, 6) is -0.318. The molecule has 0 aliphatic rings. The first-order valence-corrected chi connectivity index (χ1v) is 7.55. The van der Waals surface area contributed by atoms with E-state index in [0.29, 0.717) is 15.7 Å². The number of halogens is 2.